The van der Waals surface area contributed by atoms with Crippen molar-refractivity contribution in [1.82, 2.24) is 0 Å². The average Bonchev–Trinajstić information content (AvgIpc) is 3.32. The molecule has 0 radical (unpaired) electrons. The van der Waals surface area contributed by atoms with Gasteiger partial charge in [0.2, 0.25) is 0 Å². The lowest BCUT2D eigenvalue weighted by molar-refractivity contribution is 0.142. The van der Waals surface area contributed by atoms with Crippen LogP contribution in [0.4, 0.5) is 0 Å². The zero-order valence-electron chi connectivity index (χ0n) is 14.4. The standard InChI is InChI=1S/C19H23NO4S/c1-23-13-19(12-20)17(14-8-10-15(24-2)11-9-14)18(19)25(21,22)16-6-4-3-5-7-16/h3-11,17-18H,12-13,20H2,1-2H3/t17-,18+,19-/m1/s1. The second kappa shape index (κ2) is 6.78. The molecular weight excluding hydrogens is 338 g/mol. The fraction of sp³-hybridized carbons (Fsp3) is 0.368. The van der Waals surface area contributed by atoms with Crippen molar-refractivity contribution in [3.05, 3.63) is 60.2 Å². The van der Waals surface area contributed by atoms with E-state index >= 15 is 0 Å². The van der Waals surface area contributed by atoms with E-state index in [9.17, 15) is 8.42 Å². The van der Waals surface area contributed by atoms with Crippen molar-refractivity contribution < 1.29 is 17.9 Å². The SMILES string of the molecule is COC[C@]1(CN)[C@H](c2ccc(OC)cc2)[C@@H]1S(=O)(=O)c1ccccc1. The molecule has 0 heterocycles. The van der Waals surface area contributed by atoms with Gasteiger partial charge in [-0.15, -0.1) is 0 Å². The maximum Gasteiger partial charge on any atom is 0.182 e. The number of sulfone groups is 1. The highest BCUT2D eigenvalue weighted by atomic mass is 32.2. The van der Waals surface area contributed by atoms with E-state index in [0.717, 1.165) is 11.3 Å². The van der Waals surface area contributed by atoms with Gasteiger partial charge in [0.25, 0.3) is 0 Å². The highest BCUT2D eigenvalue weighted by molar-refractivity contribution is 7.92. The summed E-state index contributed by atoms with van der Waals surface area (Å²) in [6.45, 7) is 0.547. The van der Waals surface area contributed by atoms with E-state index in [1.807, 2.05) is 24.3 Å². The van der Waals surface area contributed by atoms with Gasteiger partial charge in [-0.2, -0.15) is 0 Å². The van der Waals surface area contributed by atoms with Crippen molar-refractivity contribution in [3.8, 4) is 5.75 Å². The lowest BCUT2D eigenvalue weighted by atomic mass is 10.00. The predicted molar refractivity (Wildman–Crippen MR) is 96.5 cm³/mol. The van der Waals surface area contributed by atoms with Gasteiger partial charge >= 0.3 is 0 Å². The quantitative estimate of drug-likeness (QED) is 0.818. The first-order valence-electron chi connectivity index (χ1n) is 8.13. The van der Waals surface area contributed by atoms with Crippen molar-refractivity contribution in [1.29, 1.82) is 0 Å². The third-order valence-electron chi connectivity index (χ3n) is 5.05. The van der Waals surface area contributed by atoms with E-state index in [2.05, 4.69) is 0 Å². The van der Waals surface area contributed by atoms with E-state index in [-0.39, 0.29) is 12.5 Å². The molecule has 0 bridgehead atoms. The van der Waals surface area contributed by atoms with Gasteiger partial charge in [-0.1, -0.05) is 30.3 Å². The molecule has 1 fully saturated rings. The second-order valence-electron chi connectivity index (χ2n) is 6.40. The van der Waals surface area contributed by atoms with Gasteiger partial charge in [0, 0.05) is 25.0 Å². The molecule has 3 rings (SSSR count). The smallest absolute Gasteiger partial charge is 0.182 e. The fourth-order valence-electron chi connectivity index (χ4n) is 3.76. The Morgan fingerprint density at radius 2 is 1.68 bits per heavy atom. The topological polar surface area (TPSA) is 78.6 Å². The van der Waals surface area contributed by atoms with E-state index in [4.69, 9.17) is 15.2 Å². The Morgan fingerprint density at radius 1 is 1.04 bits per heavy atom. The van der Waals surface area contributed by atoms with Crippen LogP contribution in [-0.4, -0.2) is 41.0 Å². The van der Waals surface area contributed by atoms with Gasteiger partial charge in [0.15, 0.2) is 9.84 Å². The number of rotatable bonds is 7. The number of hydrogen-bond donors (Lipinski definition) is 1. The minimum atomic E-state index is -3.51. The van der Waals surface area contributed by atoms with Crippen molar-refractivity contribution >= 4 is 9.84 Å². The summed E-state index contributed by atoms with van der Waals surface area (Å²) in [6, 6.07) is 16.0. The largest absolute Gasteiger partial charge is 0.497 e. The molecule has 5 nitrogen and oxygen atoms in total. The lowest BCUT2D eigenvalue weighted by Gasteiger charge is -2.15. The zero-order chi connectivity index (χ0) is 18.1. The third kappa shape index (κ3) is 2.94. The van der Waals surface area contributed by atoms with Gasteiger partial charge in [-0.05, 0) is 29.8 Å². The summed E-state index contributed by atoms with van der Waals surface area (Å²) in [7, 11) is -0.334. The first-order valence-corrected chi connectivity index (χ1v) is 9.68. The minimum absolute atomic E-state index is 0.200. The van der Waals surface area contributed by atoms with Gasteiger partial charge in [0.1, 0.15) is 5.75 Å². The molecule has 2 aromatic carbocycles. The molecule has 1 saturated carbocycles. The summed E-state index contributed by atoms with van der Waals surface area (Å²) in [5.74, 6) is 0.533. The Kier molecular flexibility index (Phi) is 4.86. The molecule has 0 aromatic heterocycles. The summed E-state index contributed by atoms with van der Waals surface area (Å²) in [4.78, 5) is 0.324. The molecule has 1 aliphatic rings. The molecule has 3 atom stereocenters. The van der Waals surface area contributed by atoms with Crippen molar-refractivity contribution in [2.24, 2.45) is 11.1 Å². The number of methoxy groups -OCH3 is 2. The molecular formula is C19H23NO4S. The third-order valence-corrected chi connectivity index (χ3v) is 7.39. The molecule has 25 heavy (non-hydrogen) atoms. The van der Waals surface area contributed by atoms with Crippen LogP contribution in [0, 0.1) is 5.41 Å². The first kappa shape index (κ1) is 17.9. The van der Waals surface area contributed by atoms with Crippen LogP contribution >= 0.6 is 0 Å². The van der Waals surface area contributed by atoms with Gasteiger partial charge in [0.05, 0.1) is 23.9 Å². The molecule has 0 aliphatic heterocycles. The van der Waals surface area contributed by atoms with E-state index in [1.54, 1.807) is 44.6 Å². The van der Waals surface area contributed by atoms with Gasteiger partial charge in [-0.3, -0.25) is 0 Å². The normalized spacial score (nSPS) is 25.6. The maximum atomic E-state index is 13.2. The number of ether oxygens (including phenoxy) is 2. The van der Waals surface area contributed by atoms with Crippen LogP contribution < -0.4 is 10.5 Å². The van der Waals surface area contributed by atoms with Crippen LogP contribution in [0.1, 0.15) is 11.5 Å². The van der Waals surface area contributed by atoms with Crippen LogP contribution in [0.3, 0.4) is 0 Å². The molecule has 0 amide bonds. The fourth-order valence-corrected chi connectivity index (χ4v) is 6.23. The summed E-state index contributed by atoms with van der Waals surface area (Å²) >= 11 is 0. The van der Waals surface area contributed by atoms with Gasteiger partial charge < -0.3 is 15.2 Å². The van der Waals surface area contributed by atoms with E-state index in [0.29, 0.717) is 11.5 Å². The Balaban J connectivity index is 2.03. The average molecular weight is 361 g/mol. The number of nitrogens with two attached hydrogens (primary N) is 1. The lowest BCUT2D eigenvalue weighted by Crippen LogP contribution is -2.28. The highest BCUT2D eigenvalue weighted by Gasteiger charge is 2.70. The molecule has 0 spiro atoms. The second-order valence-corrected chi connectivity index (χ2v) is 8.47. The molecule has 134 valence electrons. The monoisotopic (exact) mass is 361 g/mol. The molecule has 1 aliphatic carbocycles. The molecule has 2 N–H and O–H groups in total. The highest BCUT2D eigenvalue weighted by Crippen LogP contribution is 2.63. The van der Waals surface area contributed by atoms with E-state index in [1.165, 1.54) is 0 Å². The summed E-state index contributed by atoms with van der Waals surface area (Å²) in [5.41, 5.74) is 6.36. The Morgan fingerprint density at radius 3 is 2.20 bits per heavy atom. The Bertz CT molecular complexity index is 820. The molecule has 6 heteroatoms. The number of benzene rings is 2. The Labute approximate surface area is 148 Å². The molecule has 0 saturated heterocycles. The van der Waals surface area contributed by atoms with Gasteiger partial charge in [-0.25, -0.2) is 8.42 Å². The first-order chi connectivity index (χ1) is 12.0. The summed E-state index contributed by atoms with van der Waals surface area (Å²) < 4.78 is 37.0. The number of hydrogen-bond acceptors (Lipinski definition) is 5. The maximum absolute atomic E-state index is 13.2. The van der Waals surface area contributed by atoms with Crippen LogP contribution in [0.15, 0.2) is 59.5 Å². The van der Waals surface area contributed by atoms with Crippen molar-refractivity contribution in [2.75, 3.05) is 27.4 Å². The predicted octanol–water partition coefficient (Wildman–Crippen LogP) is 2.23. The van der Waals surface area contributed by atoms with Crippen LogP contribution in [0.5, 0.6) is 5.75 Å². The summed E-state index contributed by atoms with van der Waals surface area (Å²) in [6.07, 6.45) is 0. The Hall–Kier alpha value is -1.89. The minimum Gasteiger partial charge on any atom is -0.497 e. The summed E-state index contributed by atoms with van der Waals surface area (Å²) in [5, 5.41) is -0.597. The zero-order valence-corrected chi connectivity index (χ0v) is 15.2. The van der Waals surface area contributed by atoms with Crippen LogP contribution in [0.25, 0.3) is 0 Å². The van der Waals surface area contributed by atoms with Crippen molar-refractivity contribution in [3.63, 3.8) is 0 Å². The van der Waals surface area contributed by atoms with Crippen LogP contribution in [-0.2, 0) is 14.6 Å². The van der Waals surface area contributed by atoms with Crippen LogP contribution in [0.2, 0.25) is 0 Å². The molecule has 0 unspecified atom stereocenters. The van der Waals surface area contributed by atoms with Crippen molar-refractivity contribution in [2.45, 2.75) is 16.1 Å². The molecule has 2 aromatic rings. The van der Waals surface area contributed by atoms with E-state index < -0.39 is 20.5 Å².